The van der Waals surface area contributed by atoms with Gasteiger partial charge < -0.3 is 15.4 Å². The third kappa shape index (κ3) is 8.72. The van der Waals surface area contributed by atoms with Crippen molar-refractivity contribution in [3.8, 4) is 5.75 Å². The van der Waals surface area contributed by atoms with Gasteiger partial charge in [0.2, 0.25) is 10.0 Å². The summed E-state index contributed by atoms with van der Waals surface area (Å²) in [6.07, 6.45) is 0. The van der Waals surface area contributed by atoms with Crippen LogP contribution in [0.3, 0.4) is 0 Å². The molecular formula is C20H26ClN3O4S. The Balaban J connectivity index is 1.79. The molecule has 2 aromatic carbocycles. The fourth-order valence-corrected chi connectivity index (χ4v) is 4.20. The van der Waals surface area contributed by atoms with E-state index in [-0.39, 0.29) is 24.4 Å². The van der Waals surface area contributed by atoms with E-state index in [0.29, 0.717) is 29.5 Å². The Hall–Kier alpha value is -2.29. The average Bonchev–Trinajstić information content (AvgIpc) is 2.64. The summed E-state index contributed by atoms with van der Waals surface area (Å²) in [5.41, 5.74) is 1.39. The molecule has 0 radical (unpaired) electrons. The van der Waals surface area contributed by atoms with Crippen molar-refractivity contribution in [1.29, 1.82) is 0 Å². The van der Waals surface area contributed by atoms with Crippen molar-refractivity contribution in [2.75, 3.05) is 13.2 Å². The van der Waals surface area contributed by atoms with E-state index in [1.807, 2.05) is 0 Å². The Morgan fingerprint density at radius 1 is 1.03 bits per heavy atom. The van der Waals surface area contributed by atoms with E-state index >= 15 is 0 Å². The molecule has 3 N–H and O–H groups in total. The molecule has 0 aliphatic rings. The summed E-state index contributed by atoms with van der Waals surface area (Å²) in [7, 11) is -3.44. The molecule has 2 aromatic rings. The number of amides is 2. The first-order valence-electron chi connectivity index (χ1n) is 9.22. The lowest BCUT2D eigenvalue weighted by Crippen LogP contribution is -2.37. The maximum atomic E-state index is 12.2. The van der Waals surface area contributed by atoms with E-state index in [4.69, 9.17) is 16.3 Å². The molecule has 2 amide bonds. The second kappa shape index (κ2) is 11.0. The van der Waals surface area contributed by atoms with Gasteiger partial charge in [0.05, 0.1) is 12.3 Å². The topological polar surface area (TPSA) is 96.5 Å². The molecule has 0 spiro atoms. The molecule has 0 unspecified atom stereocenters. The number of sulfonamides is 1. The van der Waals surface area contributed by atoms with Crippen molar-refractivity contribution in [3.05, 3.63) is 64.7 Å². The first-order valence-corrected chi connectivity index (χ1v) is 11.2. The van der Waals surface area contributed by atoms with Crippen molar-refractivity contribution in [2.24, 2.45) is 0 Å². The molecule has 0 aliphatic carbocycles. The molecule has 0 aliphatic heterocycles. The minimum absolute atomic E-state index is 0.139. The highest BCUT2D eigenvalue weighted by Crippen LogP contribution is 2.15. The molecule has 0 saturated heterocycles. The molecule has 0 atom stereocenters. The van der Waals surface area contributed by atoms with Gasteiger partial charge in [-0.1, -0.05) is 35.9 Å². The molecule has 29 heavy (non-hydrogen) atoms. The minimum atomic E-state index is -3.44. The van der Waals surface area contributed by atoms with Gasteiger partial charge in [-0.3, -0.25) is 0 Å². The number of ether oxygens (including phenoxy) is 1. The van der Waals surface area contributed by atoms with Crippen molar-refractivity contribution >= 4 is 27.7 Å². The lowest BCUT2D eigenvalue weighted by atomic mass is 10.1. The number of rotatable bonds is 10. The summed E-state index contributed by atoms with van der Waals surface area (Å²) in [5, 5.41) is 6.06. The summed E-state index contributed by atoms with van der Waals surface area (Å²) in [6.45, 7) is 4.39. The summed E-state index contributed by atoms with van der Waals surface area (Å²) < 4.78 is 32.4. The third-order valence-corrected chi connectivity index (χ3v) is 5.56. The Kier molecular flexibility index (Phi) is 8.75. The van der Waals surface area contributed by atoms with Crippen LogP contribution in [0.1, 0.15) is 25.0 Å². The van der Waals surface area contributed by atoms with Crippen LogP contribution in [0.5, 0.6) is 5.75 Å². The highest BCUT2D eigenvalue weighted by Gasteiger charge is 2.15. The number of carbonyl (C=O) groups is 1. The van der Waals surface area contributed by atoms with Crippen molar-refractivity contribution < 1.29 is 17.9 Å². The van der Waals surface area contributed by atoms with Crippen LogP contribution < -0.4 is 20.1 Å². The second-order valence-corrected chi connectivity index (χ2v) is 8.90. The van der Waals surface area contributed by atoms with Crippen LogP contribution in [0.15, 0.2) is 48.5 Å². The molecule has 0 aromatic heterocycles. The zero-order chi connectivity index (χ0) is 21.3. The van der Waals surface area contributed by atoms with Crippen molar-refractivity contribution in [3.63, 3.8) is 0 Å². The standard InChI is InChI=1S/C20H26ClN3O4S/c1-15(2)24-29(26,27)14-17-6-4-3-5-16(17)13-23-20(25)22-11-12-28-19-9-7-18(21)8-10-19/h3-10,15,24H,11-14H2,1-2H3,(H2,22,23,25). The van der Waals surface area contributed by atoms with Gasteiger partial charge in [-0.05, 0) is 49.2 Å². The largest absolute Gasteiger partial charge is 0.492 e. The molecule has 0 saturated carbocycles. The number of carbonyl (C=O) groups excluding carboxylic acids is 1. The van der Waals surface area contributed by atoms with E-state index in [2.05, 4.69) is 15.4 Å². The number of hydrogen-bond acceptors (Lipinski definition) is 4. The lowest BCUT2D eigenvalue weighted by Gasteiger charge is -2.14. The van der Waals surface area contributed by atoms with Crippen molar-refractivity contribution in [1.82, 2.24) is 15.4 Å². The SMILES string of the molecule is CC(C)NS(=O)(=O)Cc1ccccc1CNC(=O)NCCOc1ccc(Cl)cc1. The predicted octanol–water partition coefficient (Wildman–Crippen LogP) is 3.05. The van der Waals surface area contributed by atoms with E-state index in [0.717, 1.165) is 5.56 Å². The van der Waals surface area contributed by atoms with Crippen LogP contribution in [0, 0.1) is 0 Å². The quantitative estimate of drug-likeness (QED) is 0.496. The van der Waals surface area contributed by atoms with Gasteiger partial charge in [0, 0.05) is 17.6 Å². The minimum Gasteiger partial charge on any atom is -0.492 e. The van der Waals surface area contributed by atoms with Gasteiger partial charge in [-0.2, -0.15) is 0 Å². The zero-order valence-electron chi connectivity index (χ0n) is 16.4. The first kappa shape index (κ1) is 23.0. The molecule has 158 valence electrons. The van der Waals surface area contributed by atoms with E-state index < -0.39 is 10.0 Å². The molecule has 2 rings (SSSR count). The van der Waals surface area contributed by atoms with Gasteiger partial charge >= 0.3 is 6.03 Å². The summed E-state index contributed by atoms with van der Waals surface area (Å²) in [4.78, 5) is 12.0. The highest BCUT2D eigenvalue weighted by molar-refractivity contribution is 7.88. The summed E-state index contributed by atoms with van der Waals surface area (Å²) in [5.74, 6) is 0.529. The van der Waals surface area contributed by atoms with E-state index in [9.17, 15) is 13.2 Å². The van der Waals surface area contributed by atoms with Gasteiger partial charge in [-0.25, -0.2) is 17.9 Å². The smallest absolute Gasteiger partial charge is 0.315 e. The van der Waals surface area contributed by atoms with Crippen LogP contribution in [0.25, 0.3) is 0 Å². The Morgan fingerprint density at radius 2 is 1.69 bits per heavy atom. The highest BCUT2D eigenvalue weighted by atomic mass is 35.5. The number of nitrogens with one attached hydrogen (secondary N) is 3. The van der Waals surface area contributed by atoms with Crippen LogP contribution in [0.4, 0.5) is 4.79 Å². The Bertz CT molecular complexity index is 902. The normalized spacial score (nSPS) is 11.3. The van der Waals surface area contributed by atoms with Crippen LogP contribution in [-0.2, 0) is 22.3 Å². The molecular weight excluding hydrogens is 414 g/mol. The number of benzene rings is 2. The zero-order valence-corrected chi connectivity index (χ0v) is 18.0. The number of hydrogen-bond donors (Lipinski definition) is 3. The molecule has 0 fully saturated rings. The van der Waals surface area contributed by atoms with E-state index in [1.54, 1.807) is 62.4 Å². The molecule has 9 heteroatoms. The van der Waals surface area contributed by atoms with Crippen molar-refractivity contribution in [2.45, 2.75) is 32.2 Å². The maximum absolute atomic E-state index is 12.2. The van der Waals surface area contributed by atoms with Gasteiger partial charge in [0.15, 0.2) is 0 Å². The van der Waals surface area contributed by atoms with Gasteiger partial charge in [-0.15, -0.1) is 0 Å². The van der Waals surface area contributed by atoms with Gasteiger partial charge in [0.1, 0.15) is 12.4 Å². The fourth-order valence-electron chi connectivity index (χ4n) is 2.58. The van der Waals surface area contributed by atoms with Crippen LogP contribution in [0.2, 0.25) is 5.02 Å². The fraction of sp³-hybridized carbons (Fsp3) is 0.350. The average molecular weight is 440 g/mol. The Morgan fingerprint density at radius 3 is 2.34 bits per heavy atom. The second-order valence-electron chi connectivity index (χ2n) is 6.71. The van der Waals surface area contributed by atoms with E-state index in [1.165, 1.54) is 0 Å². The third-order valence-electron chi connectivity index (χ3n) is 3.79. The number of urea groups is 1. The first-order chi connectivity index (χ1) is 13.7. The van der Waals surface area contributed by atoms with Crippen LogP contribution >= 0.6 is 11.6 Å². The maximum Gasteiger partial charge on any atom is 0.315 e. The summed E-state index contributed by atoms with van der Waals surface area (Å²) in [6, 6.07) is 13.5. The number of halogens is 1. The summed E-state index contributed by atoms with van der Waals surface area (Å²) >= 11 is 5.81. The van der Waals surface area contributed by atoms with Gasteiger partial charge in [0.25, 0.3) is 0 Å². The monoisotopic (exact) mass is 439 g/mol. The Labute approximate surface area is 176 Å². The predicted molar refractivity (Wildman–Crippen MR) is 115 cm³/mol. The lowest BCUT2D eigenvalue weighted by molar-refractivity contribution is 0.236. The molecule has 7 nitrogen and oxygen atoms in total. The molecule has 0 bridgehead atoms. The molecule has 0 heterocycles. The van der Waals surface area contributed by atoms with Crippen LogP contribution in [-0.4, -0.2) is 33.6 Å².